The standard InChI is InChI=1S/C23H30Cl2N2O4S/c1-5-6-11-26-22-20(24)12-17(13-21(22)25)23(2,3)16-7-9-19(10-8-16)31-15-18(28)14-27-32(4,29)30/h7-10,12-13,26-27H,5-6,11,14-15H2,1-4H3. The van der Waals surface area contributed by atoms with E-state index in [1.165, 1.54) is 0 Å². The number of anilines is 1. The molecule has 9 heteroatoms. The molecule has 32 heavy (non-hydrogen) atoms. The summed E-state index contributed by atoms with van der Waals surface area (Å²) in [7, 11) is -3.41. The van der Waals surface area contributed by atoms with Gasteiger partial charge in [0, 0.05) is 12.0 Å². The lowest BCUT2D eigenvalue weighted by atomic mass is 9.78. The summed E-state index contributed by atoms with van der Waals surface area (Å²) in [6, 6.07) is 11.3. The number of sulfonamides is 1. The van der Waals surface area contributed by atoms with Crippen molar-refractivity contribution < 1.29 is 17.9 Å². The van der Waals surface area contributed by atoms with Crippen LogP contribution >= 0.6 is 23.2 Å². The minimum Gasteiger partial charge on any atom is -0.486 e. The number of benzene rings is 2. The van der Waals surface area contributed by atoms with Gasteiger partial charge >= 0.3 is 0 Å². The van der Waals surface area contributed by atoms with Gasteiger partial charge in [0.2, 0.25) is 10.0 Å². The molecule has 0 spiro atoms. The van der Waals surface area contributed by atoms with Crippen LogP contribution in [0.4, 0.5) is 5.69 Å². The van der Waals surface area contributed by atoms with Gasteiger partial charge in [0.25, 0.3) is 0 Å². The third kappa shape index (κ3) is 7.66. The number of carbonyl (C=O) groups excluding carboxylic acids is 1. The van der Waals surface area contributed by atoms with Crippen molar-refractivity contribution in [2.45, 2.75) is 39.0 Å². The summed E-state index contributed by atoms with van der Waals surface area (Å²) in [5.41, 5.74) is 2.38. The van der Waals surface area contributed by atoms with E-state index in [4.69, 9.17) is 27.9 Å². The average molecular weight is 501 g/mol. The molecule has 0 aliphatic carbocycles. The van der Waals surface area contributed by atoms with Crippen LogP contribution in [0.3, 0.4) is 0 Å². The first-order valence-corrected chi connectivity index (χ1v) is 13.0. The summed E-state index contributed by atoms with van der Waals surface area (Å²) in [6.07, 6.45) is 3.12. The van der Waals surface area contributed by atoms with Crippen LogP contribution in [0, 0.1) is 0 Å². The highest BCUT2D eigenvalue weighted by molar-refractivity contribution is 7.88. The second-order valence-corrected chi connectivity index (χ2v) is 10.8. The van der Waals surface area contributed by atoms with E-state index < -0.39 is 10.0 Å². The number of ether oxygens (including phenoxy) is 1. The van der Waals surface area contributed by atoms with Crippen LogP contribution in [0.25, 0.3) is 0 Å². The van der Waals surface area contributed by atoms with Gasteiger partial charge in [0.1, 0.15) is 12.4 Å². The maximum Gasteiger partial charge on any atom is 0.209 e. The van der Waals surface area contributed by atoms with Gasteiger partial charge in [0.05, 0.1) is 28.5 Å². The molecule has 0 aliphatic heterocycles. The fourth-order valence-corrected chi connectivity index (χ4v) is 4.10. The zero-order valence-electron chi connectivity index (χ0n) is 18.8. The summed E-state index contributed by atoms with van der Waals surface area (Å²) in [6.45, 7) is 6.58. The SMILES string of the molecule is CCCCNc1c(Cl)cc(C(C)(C)c2ccc(OCC(=O)CNS(C)(=O)=O)cc2)cc1Cl. The number of Topliss-reactive ketones (excluding diaryl/α,β-unsaturated/α-hetero) is 1. The summed E-state index contributed by atoms with van der Waals surface area (Å²) in [5, 5.41) is 4.47. The highest BCUT2D eigenvalue weighted by Crippen LogP contribution is 2.39. The Labute approximate surface area is 200 Å². The van der Waals surface area contributed by atoms with Gasteiger partial charge in [-0.05, 0) is 41.8 Å². The van der Waals surface area contributed by atoms with Gasteiger partial charge in [-0.25, -0.2) is 13.1 Å². The van der Waals surface area contributed by atoms with Crippen LogP contribution in [-0.4, -0.2) is 40.2 Å². The van der Waals surface area contributed by atoms with Crippen molar-refractivity contribution in [2.24, 2.45) is 0 Å². The van der Waals surface area contributed by atoms with Crippen molar-refractivity contribution in [1.82, 2.24) is 4.72 Å². The summed E-state index contributed by atoms with van der Waals surface area (Å²) < 4.78 is 29.7. The van der Waals surface area contributed by atoms with E-state index in [1.807, 2.05) is 24.3 Å². The number of carbonyl (C=O) groups is 1. The molecule has 0 radical (unpaired) electrons. The number of nitrogens with one attached hydrogen (secondary N) is 2. The first kappa shape index (κ1) is 26.5. The monoisotopic (exact) mass is 500 g/mol. The van der Waals surface area contributed by atoms with Crippen molar-refractivity contribution >= 4 is 44.7 Å². The summed E-state index contributed by atoms with van der Waals surface area (Å²) in [5.74, 6) is 0.153. The highest BCUT2D eigenvalue weighted by atomic mass is 35.5. The van der Waals surface area contributed by atoms with Gasteiger partial charge < -0.3 is 10.1 Å². The highest BCUT2D eigenvalue weighted by Gasteiger charge is 2.25. The Morgan fingerprint density at radius 1 is 1.06 bits per heavy atom. The molecule has 0 saturated heterocycles. The number of hydrogen-bond acceptors (Lipinski definition) is 5. The summed E-state index contributed by atoms with van der Waals surface area (Å²) in [4.78, 5) is 11.8. The molecule has 2 aromatic rings. The fraction of sp³-hybridized carbons (Fsp3) is 0.435. The Bertz CT molecular complexity index is 1020. The van der Waals surface area contributed by atoms with Gasteiger partial charge in [-0.1, -0.05) is 62.5 Å². The molecule has 0 heterocycles. The Morgan fingerprint density at radius 3 is 2.19 bits per heavy atom. The Morgan fingerprint density at radius 2 is 1.66 bits per heavy atom. The second kappa shape index (κ2) is 11.4. The Kier molecular flexibility index (Phi) is 9.40. The number of halogens is 2. The molecular formula is C23H30Cl2N2O4S. The molecule has 0 bridgehead atoms. The minimum absolute atomic E-state index is 0.219. The largest absolute Gasteiger partial charge is 0.486 e. The molecule has 2 rings (SSSR count). The van der Waals surface area contributed by atoms with Gasteiger partial charge in [-0.2, -0.15) is 0 Å². The van der Waals surface area contributed by atoms with E-state index in [2.05, 4.69) is 30.8 Å². The molecule has 0 atom stereocenters. The van der Waals surface area contributed by atoms with E-state index in [-0.39, 0.29) is 24.3 Å². The zero-order valence-corrected chi connectivity index (χ0v) is 21.1. The van der Waals surface area contributed by atoms with E-state index >= 15 is 0 Å². The molecule has 0 unspecified atom stereocenters. The Hall–Kier alpha value is -1.80. The van der Waals surface area contributed by atoms with Crippen molar-refractivity contribution in [3.63, 3.8) is 0 Å². The van der Waals surface area contributed by atoms with Gasteiger partial charge in [-0.3, -0.25) is 4.79 Å². The predicted octanol–water partition coefficient (Wildman–Crippen LogP) is 5.03. The molecule has 2 N–H and O–H groups in total. The van der Waals surface area contributed by atoms with Gasteiger partial charge in [-0.15, -0.1) is 0 Å². The molecular weight excluding hydrogens is 471 g/mol. The summed E-state index contributed by atoms with van der Waals surface area (Å²) >= 11 is 13.0. The van der Waals surface area contributed by atoms with Crippen molar-refractivity contribution in [2.75, 3.05) is 31.3 Å². The van der Waals surface area contributed by atoms with Crippen LogP contribution in [0.15, 0.2) is 36.4 Å². The lowest BCUT2D eigenvalue weighted by Gasteiger charge is -2.27. The maximum atomic E-state index is 11.8. The first-order chi connectivity index (χ1) is 14.9. The van der Waals surface area contributed by atoms with Crippen LogP contribution < -0.4 is 14.8 Å². The molecule has 0 saturated carbocycles. The molecule has 176 valence electrons. The van der Waals surface area contributed by atoms with Crippen molar-refractivity contribution in [1.29, 1.82) is 0 Å². The van der Waals surface area contributed by atoms with Crippen LogP contribution in [0.1, 0.15) is 44.7 Å². The van der Waals surface area contributed by atoms with E-state index in [0.29, 0.717) is 15.8 Å². The van der Waals surface area contributed by atoms with E-state index in [0.717, 1.165) is 42.5 Å². The molecule has 2 aromatic carbocycles. The normalized spacial score (nSPS) is 11.9. The first-order valence-electron chi connectivity index (χ1n) is 10.4. The average Bonchev–Trinajstić information content (AvgIpc) is 2.72. The topological polar surface area (TPSA) is 84.5 Å². The van der Waals surface area contributed by atoms with E-state index in [9.17, 15) is 13.2 Å². The van der Waals surface area contributed by atoms with Crippen molar-refractivity contribution in [3.05, 3.63) is 57.6 Å². The predicted molar refractivity (Wildman–Crippen MR) is 132 cm³/mol. The third-order valence-electron chi connectivity index (χ3n) is 5.10. The number of rotatable bonds is 12. The van der Waals surface area contributed by atoms with E-state index in [1.54, 1.807) is 12.1 Å². The third-order valence-corrected chi connectivity index (χ3v) is 6.37. The number of ketones is 1. The fourth-order valence-electron chi connectivity index (χ4n) is 3.05. The number of unbranched alkanes of at least 4 members (excludes halogenated alkanes) is 1. The van der Waals surface area contributed by atoms with Gasteiger partial charge in [0.15, 0.2) is 5.78 Å². The van der Waals surface area contributed by atoms with Crippen LogP contribution in [0.2, 0.25) is 10.0 Å². The molecule has 0 aliphatic rings. The lowest BCUT2D eigenvalue weighted by Crippen LogP contribution is -2.31. The molecule has 0 fully saturated rings. The second-order valence-electron chi connectivity index (χ2n) is 8.17. The smallest absolute Gasteiger partial charge is 0.209 e. The minimum atomic E-state index is -3.41. The van der Waals surface area contributed by atoms with Crippen LogP contribution in [-0.2, 0) is 20.2 Å². The lowest BCUT2D eigenvalue weighted by molar-refractivity contribution is -0.119. The number of hydrogen-bond donors (Lipinski definition) is 2. The van der Waals surface area contributed by atoms with Crippen LogP contribution in [0.5, 0.6) is 5.75 Å². The molecule has 0 aromatic heterocycles. The van der Waals surface area contributed by atoms with Crippen molar-refractivity contribution in [3.8, 4) is 5.75 Å². The maximum absolute atomic E-state index is 11.8. The molecule has 0 amide bonds. The molecule has 6 nitrogen and oxygen atoms in total. The quantitative estimate of drug-likeness (QED) is 0.399. The Balaban J connectivity index is 2.08. The zero-order chi connectivity index (χ0) is 23.9.